The summed E-state index contributed by atoms with van der Waals surface area (Å²) in [6.07, 6.45) is 8.66. The van der Waals surface area contributed by atoms with Crippen LogP contribution in [0.2, 0.25) is 0 Å². The number of nitrogens with one attached hydrogen (secondary N) is 4. The summed E-state index contributed by atoms with van der Waals surface area (Å²) in [6, 6.07) is 5.71. The van der Waals surface area contributed by atoms with Crippen LogP contribution in [0.5, 0.6) is 0 Å². The highest BCUT2D eigenvalue weighted by molar-refractivity contribution is 5.87. The number of likely N-dealkylation sites (N-methyl/N-ethyl adjacent to an activating group) is 1. The average molecular weight is 396 g/mol. The van der Waals surface area contributed by atoms with E-state index in [2.05, 4.69) is 25.9 Å². The number of anilines is 2. The Morgan fingerprint density at radius 1 is 1.34 bits per heavy atom. The number of carbonyl (C=O) groups excluding carboxylic acids is 1. The second-order valence-corrected chi connectivity index (χ2v) is 7.04. The molecular weight excluding hydrogens is 368 g/mol. The zero-order valence-electron chi connectivity index (χ0n) is 16.9. The molecular formula is C21H28N6O2. The third-order valence-electron chi connectivity index (χ3n) is 4.93. The van der Waals surface area contributed by atoms with Gasteiger partial charge in [0.2, 0.25) is 5.91 Å². The lowest BCUT2D eigenvalue weighted by Crippen LogP contribution is -2.45. The average Bonchev–Trinajstić information content (AvgIpc) is 2.75. The number of hydrogen-bond acceptors (Lipinski definition) is 6. The molecule has 3 rings (SSSR count). The van der Waals surface area contributed by atoms with E-state index in [1.807, 2.05) is 43.3 Å². The third kappa shape index (κ3) is 5.45. The Labute approximate surface area is 170 Å². The molecule has 2 aromatic heterocycles. The Morgan fingerprint density at radius 2 is 2.21 bits per heavy atom. The molecule has 3 heterocycles. The first kappa shape index (κ1) is 20.6. The first-order chi connectivity index (χ1) is 14.1. The van der Waals surface area contributed by atoms with Gasteiger partial charge in [-0.25, -0.2) is 4.98 Å². The maximum Gasteiger partial charge on any atom is 0.271 e. The van der Waals surface area contributed by atoms with Gasteiger partial charge in [-0.1, -0.05) is 6.08 Å². The van der Waals surface area contributed by atoms with Crippen molar-refractivity contribution in [1.29, 1.82) is 0 Å². The van der Waals surface area contributed by atoms with Crippen molar-refractivity contribution in [2.45, 2.75) is 18.9 Å². The summed E-state index contributed by atoms with van der Waals surface area (Å²) >= 11 is 0. The topological polar surface area (TPSA) is 102 Å². The predicted octanol–water partition coefficient (Wildman–Crippen LogP) is 1.66. The van der Waals surface area contributed by atoms with Gasteiger partial charge in [0.15, 0.2) is 0 Å². The summed E-state index contributed by atoms with van der Waals surface area (Å²) in [4.78, 5) is 33.5. The van der Waals surface area contributed by atoms with Crippen molar-refractivity contribution in [3.8, 4) is 11.1 Å². The molecule has 1 fully saturated rings. The van der Waals surface area contributed by atoms with Gasteiger partial charge in [-0.15, -0.1) is 0 Å². The Morgan fingerprint density at radius 3 is 3.00 bits per heavy atom. The largest absolute Gasteiger partial charge is 0.376 e. The minimum atomic E-state index is -0.172. The van der Waals surface area contributed by atoms with E-state index in [1.165, 1.54) is 0 Å². The lowest BCUT2D eigenvalue weighted by Gasteiger charge is -2.33. The summed E-state index contributed by atoms with van der Waals surface area (Å²) in [7, 11) is 3.66. The van der Waals surface area contributed by atoms with Crippen LogP contribution in [0.25, 0.3) is 11.1 Å². The van der Waals surface area contributed by atoms with Crippen LogP contribution in [0.1, 0.15) is 12.8 Å². The lowest BCUT2D eigenvalue weighted by molar-refractivity contribution is -0.127. The predicted molar refractivity (Wildman–Crippen MR) is 116 cm³/mol. The number of amides is 1. The van der Waals surface area contributed by atoms with Crippen LogP contribution < -0.4 is 21.5 Å². The summed E-state index contributed by atoms with van der Waals surface area (Å²) in [5, 5.41) is 9.34. The highest BCUT2D eigenvalue weighted by atomic mass is 16.2. The van der Waals surface area contributed by atoms with Gasteiger partial charge in [-0.2, -0.15) is 0 Å². The Bertz CT molecular complexity index is 923. The number of likely N-dealkylation sites (tertiary alicyclic amines) is 1. The van der Waals surface area contributed by atoms with Crippen molar-refractivity contribution in [3.05, 3.63) is 53.1 Å². The standard InChI is InChI=1S/C21H28N6O2/c1-22-8-3-6-20(28)27-10-4-5-17(14-27)26-18-11-16(13-25-21(18)29)15-7-9-24-19(12-15)23-2/h3,6-7,9,11-13,17,22,26H,4-5,8,10,14H2,1-2H3,(H,23,24)(H,25,29)/b6-3+/t17-/m0/s1. The highest BCUT2D eigenvalue weighted by Gasteiger charge is 2.23. The first-order valence-electron chi connectivity index (χ1n) is 9.84. The first-order valence-corrected chi connectivity index (χ1v) is 9.84. The molecule has 1 amide bonds. The maximum absolute atomic E-state index is 12.3. The number of hydrogen-bond donors (Lipinski definition) is 4. The summed E-state index contributed by atoms with van der Waals surface area (Å²) in [5.74, 6) is 0.766. The molecule has 8 heteroatoms. The molecule has 1 aliphatic rings. The van der Waals surface area contributed by atoms with E-state index in [-0.39, 0.29) is 17.5 Å². The minimum Gasteiger partial charge on any atom is -0.376 e. The van der Waals surface area contributed by atoms with Crippen molar-refractivity contribution >= 4 is 17.4 Å². The van der Waals surface area contributed by atoms with Gasteiger partial charge in [-0.05, 0) is 43.7 Å². The number of rotatable bonds is 7. The van der Waals surface area contributed by atoms with Crippen LogP contribution >= 0.6 is 0 Å². The Balaban J connectivity index is 1.72. The molecule has 0 saturated carbocycles. The maximum atomic E-state index is 12.3. The molecule has 4 N–H and O–H groups in total. The molecule has 8 nitrogen and oxygen atoms in total. The monoisotopic (exact) mass is 396 g/mol. The van der Waals surface area contributed by atoms with E-state index in [9.17, 15) is 9.59 Å². The fourth-order valence-corrected chi connectivity index (χ4v) is 3.40. The van der Waals surface area contributed by atoms with Crippen LogP contribution in [0.4, 0.5) is 11.5 Å². The van der Waals surface area contributed by atoms with Gasteiger partial charge in [0.05, 0.1) is 0 Å². The van der Waals surface area contributed by atoms with Crippen LogP contribution in [0, 0.1) is 0 Å². The molecule has 0 unspecified atom stereocenters. The van der Waals surface area contributed by atoms with Crippen molar-refractivity contribution in [2.75, 3.05) is 44.4 Å². The zero-order chi connectivity index (χ0) is 20.6. The van der Waals surface area contributed by atoms with Gasteiger partial charge >= 0.3 is 0 Å². The van der Waals surface area contributed by atoms with Crippen LogP contribution in [-0.4, -0.2) is 60.5 Å². The van der Waals surface area contributed by atoms with E-state index in [0.717, 1.165) is 36.3 Å². The molecule has 1 atom stereocenters. The summed E-state index contributed by atoms with van der Waals surface area (Å²) in [6.45, 7) is 1.97. The van der Waals surface area contributed by atoms with E-state index >= 15 is 0 Å². The molecule has 0 bridgehead atoms. The molecule has 0 spiro atoms. The molecule has 1 saturated heterocycles. The highest BCUT2D eigenvalue weighted by Crippen LogP contribution is 2.22. The van der Waals surface area contributed by atoms with Gasteiger partial charge in [0, 0.05) is 56.8 Å². The zero-order valence-corrected chi connectivity index (χ0v) is 16.9. The Kier molecular flexibility index (Phi) is 7.02. The van der Waals surface area contributed by atoms with Crippen LogP contribution in [0.15, 0.2) is 47.5 Å². The lowest BCUT2D eigenvalue weighted by atomic mass is 10.0. The second-order valence-electron chi connectivity index (χ2n) is 7.04. The third-order valence-corrected chi connectivity index (χ3v) is 4.93. The molecule has 1 aliphatic heterocycles. The second kappa shape index (κ2) is 9.88. The smallest absolute Gasteiger partial charge is 0.271 e. The SMILES string of the molecule is CNC/C=C/C(=O)N1CCC[C@H](Nc2cc(-c3ccnc(NC)c3)c[nH]c2=O)C1. The normalized spacial score (nSPS) is 16.8. The van der Waals surface area contributed by atoms with Crippen molar-refractivity contribution in [1.82, 2.24) is 20.2 Å². The minimum absolute atomic E-state index is 0.00536. The van der Waals surface area contributed by atoms with Crippen LogP contribution in [-0.2, 0) is 4.79 Å². The number of nitrogens with zero attached hydrogens (tertiary/aromatic N) is 2. The van der Waals surface area contributed by atoms with Crippen molar-refractivity contribution in [3.63, 3.8) is 0 Å². The molecule has 29 heavy (non-hydrogen) atoms. The molecule has 0 radical (unpaired) electrons. The molecule has 154 valence electrons. The van der Waals surface area contributed by atoms with Gasteiger partial charge in [0.25, 0.3) is 5.56 Å². The van der Waals surface area contributed by atoms with E-state index in [0.29, 0.717) is 18.8 Å². The molecule has 2 aromatic rings. The number of aromatic amines is 1. The van der Waals surface area contributed by atoms with Gasteiger partial charge < -0.3 is 25.8 Å². The fourth-order valence-electron chi connectivity index (χ4n) is 3.40. The van der Waals surface area contributed by atoms with E-state index in [4.69, 9.17) is 0 Å². The van der Waals surface area contributed by atoms with Crippen molar-refractivity contribution in [2.24, 2.45) is 0 Å². The number of pyridine rings is 2. The number of carbonyl (C=O) groups is 1. The van der Waals surface area contributed by atoms with Crippen LogP contribution in [0.3, 0.4) is 0 Å². The van der Waals surface area contributed by atoms with Gasteiger partial charge in [-0.3, -0.25) is 9.59 Å². The van der Waals surface area contributed by atoms with E-state index in [1.54, 1.807) is 18.5 Å². The quantitative estimate of drug-likeness (QED) is 0.531. The number of H-pyrrole nitrogens is 1. The summed E-state index contributed by atoms with van der Waals surface area (Å²) in [5.41, 5.74) is 2.19. The fraction of sp³-hybridized carbons (Fsp3) is 0.381. The van der Waals surface area contributed by atoms with Gasteiger partial charge in [0.1, 0.15) is 11.5 Å². The van der Waals surface area contributed by atoms with E-state index < -0.39 is 0 Å². The molecule has 0 aliphatic carbocycles. The van der Waals surface area contributed by atoms with Crippen molar-refractivity contribution < 1.29 is 4.79 Å². The Hall–Kier alpha value is -3.13. The summed E-state index contributed by atoms with van der Waals surface area (Å²) < 4.78 is 0. The molecule has 0 aromatic carbocycles. The number of piperidine rings is 1. The number of aromatic nitrogens is 2.